The van der Waals surface area contributed by atoms with Gasteiger partial charge in [-0.3, -0.25) is 4.79 Å². The first-order chi connectivity index (χ1) is 8.24. The molecule has 0 atom stereocenters. The average Bonchev–Trinajstić information content (AvgIpc) is 2.38. The lowest BCUT2D eigenvalue weighted by atomic mass is 10.1. The Morgan fingerprint density at radius 1 is 1.47 bits per heavy atom. The Hall–Kier alpha value is -1.86. The number of amides is 1. The topological polar surface area (TPSA) is 59.2 Å². The van der Waals surface area contributed by atoms with Crippen molar-refractivity contribution in [1.82, 2.24) is 9.88 Å². The van der Waals surface area contributed by atoms with Gasteiger partial charge >= 0.3 is 0 Å². The van der Waals surface area contributed by atoms with Crippen molar-refractivity contribution < 1.29 is 4.79 Å². The molecule has 0 aliphatic heterocycles. The van der Waals surface area contributed by atoms with E-state index in [2.05, 4.69) is 16.8 Å². The molecule has 0 fully saturated rings. The summed E-state index contributed by atoms with van der Waals surface area (Å²) >= 11 is 0. The molecule has 0 aliphatic rings. The van der Waals surface area contributed by atoms with E-state index in [-0.39, 0.29) is 12.5 Å². The standard InChI is InChI=1S/C13H17N3O/c1-3-16(4-2)13(17)12-11(7-5-9-14)8-6-10-15-12/h6,8,10H,3-4,9,14H2,1-2H3. The van der Waals surface area contributed by atoms with Crippen molar-refractivity contribution in [2.75, 3.05) is 19.6 Å². The first-order valence-corrected chi connectivity index (χ1v) is 5.67. The molecular weight excluding hydrogens is 214 g/mol. The Morgan fingerprint density at radius 2 is 2.18 bits per heavy atom. The molecule has 1 rings (SSSR count). The lowest BCUT2D eigenvalue weighted by Crippen LogP contribution is -2.31. The summed E-state index contributed by atoms with van der Waals surface area (Å²) < 4.78 is 0. The minimum Gasteiger partial charge on any atom is -0.338 e. The van der Waals surface area contributed by atoms with Crippen LogP contribution in [0, 0.1) is 11.8 Å². The van der Waals surface area contributed by atoms with Crippen LogP contribution in [-0.2, 0) is 0 Å². The first-order valence-electron chi connectivity index (χ1n) is 5.67. The molecule has 4 heteroatoms. The Kier molecular flexibility index (Phi) is 5.18. The smallest absolute Gasteiger partial charge is 0.273 e. The van der Waals surface area contributed by atoms with Crippen LogP contribution >= 0.6 is 0 Å². The van der Waals surface area contributed by atoms with Crippen LogP contribution in [0.25, 0.3) is 0 Å². The Bertz CT molecular complexity index is 441. The monoisotopic (exact) mass is 231 g/mol. The number of aromatic nitrogens is 1. The molecule has 1 amide bonds. The third kappa shape index (κ3) is 3.30. The number of pyridine rings is 1. The predicted octanol–water partition coefficient (Wildman–Crippen LogP) is 0.874. The number of carbonyl (C=O) groups is 1. The van der Waals surface area contributed by atoms with Crippen molar-refractivity contribution in [3.05, 3.63) is 29.6 Å². The largest absolute Gasteiger partial charge is 0.338 e. The maximum absolute atomic E-state index is 12.2. The van der Waals surface area contributed by atoms with Crippen molar-refractivity contribution in [3.8, 4) is 11.8 Å². The third-order valence-electron chi connectivity index (χ3n) is 2.39. The van der Waals surface area contributed by atoms with Gasteiger partial charge in [0.15, 0.2) is 0 Å². The molecule has 0 radical (unpaired) electrons. The minimum absolute atomic E-state index is 0.0862. The van der Waals surface area contributed by atoms with Gasteiger partial charge in [0, 0.05) is 19.3 Å². The fourth-order valence-corrected chi connectivity index (χ4v) is 1.48. The summed E-state index contributed by atoms with van der Waals surface area (Å²) in [5, 5.41) is 0. The Morgan fingerprint density at radius 3 is 2.76 bits per heavy atom. The van der Waals surface area contributed by atoms with Gasteiger partial charge < -0.3 is 10.6 Å². The van der Waals surface area contributed by atoms with Crippen molar-refractivity contribution in [3.63, 3.8) is 0 Å². The molecule has 2 N–H and O–H groups in total. The van der Waals surface area contributed by atoms with Gasteiger partial charge in [0.2, 0.25) is 0 Å². The molecule has 1 heterocycles. The van der Waals surface area contributed by atoms with Gasteiger partial charge in [0.25, 0.3) is 5.91 Å². The highest BCUT2D eigenvalue weighted by molar-refractivity contribution is 5.94. The maximum atomic E-state index is 12.2. The second kappa shape index (κ2) is 6.66. The van der Waals surface area contributed by atoms with Gasteiger partial charge in [-0.2, -0.15) is 0 Å². The van der Waals surface area contributed by atoms with Gasteiger partial charge in [-0.05, 0) is 26.0 Å². The molecule has 1 aromatic rings. The van der Waals surface area contributed by atoms with Crippen LogP contribution in [0.3, 0.4) is 0 Å². The molecule has 17 heavy (non-hydrogen) atoms. The summed E-state index contributed by atoms with van der Waals surface area (Å²) in [4.78, 5) is 18.0. The Labute approximate surface area is 102 Å². The molecule has 1 aromatic heterocycles. The minimum atomic E-state index is -0.0862. The SMILES string of the molecule is CCN(CC)C(=O)c1ncccc1C#CCN. The normalized spacial score (nSPS) is 9.35. The quantitative estimate of drug-likeness (QED) is 0.785. The fraction of sp³-hybridized carbons (Fsp3) is 0.385. The molecule has 4 nitrogen and oxygen atoms in total. The molecule has 0 spiro atoms. The van der Waals surface area contributed by atoms with E-state index in [4.69, 9.17) is 5.73 Å². The van der Waals surface area contributed by atoms with E-state index in [0.717, 1.165) is 0 Å². The van der Waals surface area contributed by atoms with Crippen LogP contribution < -0.4 is 5.73 Å². The number of rotatable bonds is 3. The van der Waals surface area contributed by atoms with E-state index in [1.165, 1.54) is 0 Å². The molecule has 0 aliphatic carbocycles. The highest BCUT2D eigenvalue weighted by Crippen LogP contribution is 2.07. The number of carbonyl (C=O) groups excluding carboxylic acids is 1. The van der Waals surface area contributed by atoms with Crippen LogP contribution in [0.1, 0.15) is 29.9 Å². The van der Waals surface area contributed by atoms with Crippen LogP contribution in [0.15, 0.2) is 18.3 Å². The van der Waals surface area contributed by atoms with Crippen molar-refractivity contribution in [2.24, 2.45) is 5.73 Å². The molecule has 0 saturated carbocycles. The van der Waals surface area contributed by atoms with Gasteiger partial charge in [0.05, 0.1) is 12.1 Å². The van der Waals surface area contributed by atoms with Crippen molar-refractivity contribution in [1.29, 1.82) is 0 Å². The van der Waals surface area contributed by atoms with Gasteiger partial charge in [-0.15, -0.1) is 0 Å². The molecule has 90 valence electrons. The van der Waals surface area contributed by atoms with E-state index in [9.17, 15) is 4.79 Å². The number of nitrogens with zero attached hydrogens (tertiary/aromatic N) is 2. The summed E-state index contributed by atoms with van der Waals surface area (Å²) in [6.07, 6.45) is 1.60. The summed E-state index contributed by atoms with van der Waals surface area (Å²) in [5.74, 6) is 5.53. The van der Waals surface area contributed by atoms with Gasteiger partial charge in [-0.1, -0.05) is 11.8 Å². The molecular formula is C13H17N3O. The first kappa shape index (κ1) is 13.2. The predicted molar refractivity (Wildman–Crippen MR) is 67.4 cm³/mol. The number of hydrogen-bond donors (Lipinski definition) is 1. The summed E-state index contributed by atoms with van der Waals surface area (Å²) in [6.45, 7) is 5.48. The number of hydrogen-bond acceptors (Lipinski definition) is 3. The third-order valence-corrected chi connectivity index (χ3v) is 2.39. The maximum Gasteiger partial charge on any atom is 0.273 e. The van der Waals surface area contributed by atoms with E-state index >= 15 is 0 Å². The van der Waals surface area contributed by atoms with Crippen LogP contribution in [0.2, 0.25) is 0 Å². The van der Waals surface area contributed by atoms with Crippen LogP contribution in [0.5, 0.6) is 0 Å². The van der Waals surface area contributed by atoms with Crippen molar-refractivity contribution >= 4 is 5.91 Å². The van der Waals surface area contributed by atoms with Gasteiger partial charge in [-0.25, -0.2) is 4.98 Å². The van der Waals surface area contributed by atoms with E-state index < -0.39 is 0 Å². The second-order valence-corrected chi connectivity index (χ2v) is 3.38. The number of nitrogens with two attached hydrogens (primary N) is 1. The highest BCUT2D eigenvalue weighted by Gasteiger charge is 2.16. The lowest BCUT2D eigenvalue weighted by molar-refractivity contribution is 0.0767. The zero-order valence-electron chi connectivity index (χ0n) is 10.2. The summed E-state index contributed by atoms with van der Waals surface area (Å²) in [7, 11) is 0. The fourth-order valence-electron chi connectivity index (χ4n) is 1.48. The average molecular weight is 231 g/mol. The second-order valence-electron chi connectivity index (χ2n) is 3.38. The van der Waals surface area contributed by atoms with Crippen molar-refractivity contribution in [2.45, 2.75) is 13.8 Å². The zero-order chi connectivity index (χ0) is 12.7. The summed E-state index contributed by atoms with van der Waals surface area (Å²) in [5.41, 5.74) is 6.36. The van der Waals surface area contributed by atoms with Crippen LogP contribution in [-0.4, -0.2) is 35.4 Å². The molecule has 0 aromatic carbocycles. The van der Waals surface area contributed by atoms with Gasteiger partial charge in [0.1, 0.15) is 5.69 Å². The van der Waals surface area contributed by atoms with E-state index in [0.29, 0.717) is 24.3 Å². The van der Waals surface area contributed by atoms with E-state index in [1.807, 2.05) is 13.8 Å². The molecule has 0 saturated heterocycles. The highest BCUT2D eigenvalue weighted by atomic mass is 16.2. The zero-order valence-corrected chi connectivity index (χ0v) is 10.2. The van der Waals surface area contributed by atoms with E-state index in [1.54, 1.807) is 23.2 Å². The molecule has 0 unspecified atom stereocenters. The summed E-state index contributed by atoms with van der Waals surface area (Å²) in [6, 6.07) is 3.55. The van der Waals surface area contributed by atoms with Crippen LogP contribution in [0.4, 0.5) is 0 Å². The lowest BCUT2D eigenvalue weighted by Gasteiger charge is -2.18. The Balaban J connectivity index is 3.08. The molecule has 0 bridgehead atoms.